The number of hydrogen-bond acceptors (Lipinski definition) is 2. The van der Waals surface area contributed by atoms with Crippen LogP contribution in [0, 0.1) is 17.6 Å². The third kappa shape index (κ3) is 2.16. The lowest BCUT2D eigenvalue weighted by Gasteiger charge is -2.17. The Labute approximate surface area is 87.0 Å². The highest BCUT2D eigenvalue weighted by molar-refractivity contribution is 5.21. The summed E-state index contributed by atoms with van der Waals surface area (Å²) >= 11 is 0. The summed E-state index contributed by atoms with van der Waals surface area (Å²) in [7, 11) is 0. The predicted molar refractivity (Wildman–Crippen MR) is 52.2 cm³/mol. The summed E-state index contributed by atoms with van der Waals surface area (Å²) in [5.41, 5.74) is 6.11. The number of rotatable bonds is 2. The van der Waals surface area contributed by atoms with Crippen molar-refractivity contribution in [3.8, 4) is 0 Å². The van der Waals surface area contributed by atoms with Crippen LogP contribution in [0.1, 0.15) is 18.1 Å². The van der Waals surface area contributed by atoms with Gasteiger partial charge in [-0.1, -0.05) is 0 Å². The Hall–Kier alpha value is -1.00. The van der Waals surface area contributed by atoms with Crippen molar-refractivity contribution in [3.63, 3.8) is 0 Å². The average Bonchev–Trinajstić information content (AvgIpc) is 2.63. The van der Waals surface area contributed by atoms with Crippen molar-refractivity contribution < 1.29 is 13.5 Å². The predicted octanol–water partition coefficient (Wildman–Crippen LogP) is 2.00. The zero-order chi connectivity index (χ0) is 10.8. The van der Waals surface area contributed by atoms with E-state index in [2.05, 4.69) is 0 Å². The molecule has 0 spiro atoms. The Morgan fingerprint density at radius 3 is 2.53 bits per heavy atom. The Bertz CT molecular complexity index is 336. The molecule has 1 aromatic rings. The molecule has 82 valence electrons. The minimum absolute atomic E-state index is 0.159. The second-order valence-electron chi connectivity index (χ2n) is 3.78. The normalized spacial score (nSPS) is 25.8. The first-order chi connectivity index (χ1) is 7.20. The number of halogens is 2. The standard InChI is InChI=1S/C11H13F2NO/c12-9-3-8(4-10(13)5-9)11-7(6-14)1-2-15-11/h3-5,7,11H,1-2,6,14H2. The zero-order valence-corrected chi connectivity index (χ0v) is 8.25. The maximum Gasteiger partial charge on any atom is 0.126 e. The van der Waals surface area contributed by atoms with Gasteiger partial charge in [-0.15, -0.1) is 0 Å². The summed E-state index contributed by atoms with van der Waals surface area (Å²) in [6.45, 7) is 1.08. The smallest absolute Gasteiger partial charge is 0.126 e. The van der Waals surface area contributed by atoms with Gasteiger partial charge < -0.3 is 10.5 Å². The van der Waals surface area contributed by atoms with Crippen LogP contribution in [0.15, 0.2) is 18.2 Å². The summed E-state index contributed by atoms with van der Waals surface area (Å²) in [5, 5.41) is 0. The Morgan fingerprint density at radius 1 is 1.27 bits per heavy atom. The summed E-state index contributed by atoms with van der Waals surface area (Å²) in [5.74, 6) is -0.987. The van der Waals surface area contributed by atoms with Gasteiger partial charge in [0.05, 0.1) is 6.10 Å². The molecule has 0 amide bonds. The monoisotopic (exact) mass is 213 g/mol. The average molecular weight is 213 g/mol. The number of nitrogens with two attached hydrogens (primary N) is 1. The fourth-order valence-corrected chi connectivity index (χ4v) is 1.98. The number of ether oxygens (including phenoxy) is 1. The van der Waals surface area contributed by atoms with Crippen LogP contribution < -0.4 is 5.73 Å². The van der Waals surface area contributed by atoms with Crippen LogP contribution >= 0.6 is 0 Å². The first-order valence-corrected chi connectivity index (χ1v) is 4.98. The Balaban J connectivity index is 2.28. The van der Waals surface area contributed by atoms with Crippen molar-refractivity contribution in [2.45, 2.75) is 12.5 Å². The second-order valence-corrected chi connectivity index (χ2v) is 3.78. The molecular weight excluding hydrogens is 200 g/mol. The van der Waals surface area contributed by atoms with E-state index in [4.69, 9.17) is 10.5 Å². The molecule has 1 aromatic carbocycles. The van der Waals surface area contributed by atoms with Crippen molar-refractivity contribution >= 4 is 0 Å². The molecule has 2 N–H and O–H groups in total. The van der Waals surface area contributed by atoms with Crippen LogP contribution in [0.2, 0.25) is 0 Å². The lowest BCUT2D eigenvalue weighted by Crippen LogP contribution is -2.18. The molecule has 2 rings (SSSR count). The third-order valence-corrected chi connectivity index (χ3v) is 2.73. The minimum atomic E-state index is -0.573. The van der Waals surface area contributed by atoms with Gasteiger partial charge in [-0.3, -0.25) is 0 Å². The van der Waals surface area contributed by atoms with E-state index in [0.29, 0.717) is 18.7 Å². The van der Waals surface area contributed by atoms with Gasteiger partial charge in [0.25, 0.3) is 0 Å². The highest BCUT2D eigenvalue weighted by atomic mass is 19.1. The fourth-order valence-electron chi connectivity index (χ4n) is 1.98. The molecule has 2 nitrogen and oxygen atoms in total. The van der Waals surface area contributed by atoms with Gasteiger partial charge in [0.2, 0.25) is 0 Å². The van der Waals surface area contributed by atoms with E-state index in [0.717, 1.165) is 12.5 Å². The van der Waals surface area contributed by atoms with Crippen LogP contribution in [-0.2, 0) is 4.74 Å². The summed E-state index contributed by atoms with van der Waals surface area (Å²) in [6, 6.07) is 3.47. The van der Waals surface area contributed by atoms with Gasteiger partial charge in [0.1, 0.15) is 11.6 Å². The summed E-state index contributed by atoms with van der Waals surface area (Å²) in [4.78, 5) is 0. The SMILES string of the molecule is NCC1CCOC1c1cc(F)cc(F)c1. The molecule has 2 atom stereocenters. The molecule has 1 aliphatic heterocycles. The van der Waals surface area contributed by atoms with Crippen molar-refractivity contribution in [2.24, 2.45) is 11.7 Å². The molecule has 4 heteroatoms. The Kier molecular flexibility index (Phi) is 2.98. The molecule has 0 aromatic heterocycles. The van der Waals surface area contributed by atoms with E-state index in [-0.39, 0.29) is 12.0 Å². The van der Waals surface area contributed by atoms with E-state index in [1.54, 1.807) is 0 Å². The molecule has 0 aliphatic carbocycles. The van der Waals surface area contributed by atoms with E-state index in [1.165, 1.54) is 12.1 Å². The van der Waals surface area contributed by atoms with Gasteiger partial charge in [-0.25, -0.2) is 8.78 Å². The highest BCUT2D eigenvalue weighted by Gasteiger charge is 2.29. The molecule has 0 bridgehead atoms. The number of hydrogen-bond donors (Lipinski definition) is 1. The molecule has 0 radical (unpaired) electrons. The largest absolute Gasteiger partial charge is 0.373 e. The third-order valence-electron chi connectivity index (χ3n) is 2.73. The Morgan fingerprint density at radius 2 is 1.93 bits per heavy atom. The van der Waals surface area contributed by atoms with Crippen molar-refractivity contribution in [2.75, 3.05) is 13.2 Å². The van der Waals surface area contributed by atoms with E-state index in [9.17, 15) is 8.78 Å². The summed E-state index contributed by atoms with van der Waals surface area (Å²) in [6.07, 6.45) is 0.583. The molecule has 15 heavy (non-hydrogen) atoms. The fraction of sp³-hybridized carbons (Fsp3) is 0.455. The van der Waals surface area contributed by atoms with Crippen LogP contribution in [0.4, 0.5) is 8.78 Å². The van der Waals surface area contributed by atoms with Crippen LogP contribution in [0.3, 0.4) is 0 Å². The zero-order valence-electron chi connectivity index (χ0n) is 8.25. The van der Waals surface area contributed by atoms with Gasteiger partial charge in [-0.2, -0.15) is 0 Å². The molecule has 0 saturated carbocycles. The molecular formula is C11H13F2NO. The van der Waals surface area contributed by atoms with Gasteiger partial charge in [-0.05, 0) is 30.7 Å². The topological polar surface area (TPSA) is 35.2 Å². The first-order valence-electron chi connectivity index (χ1n) is 4.98. The van der Waals surface area contributed by atoms with E-state index < -0.39 is 11.6 Å². The molecule has 1 fully saturated rings. The first kappa shape index (κ1) is 10.5. The minimum Gasteiger partial charge on any atom is -0.373 e. The van der Waals surface area contributed by atoms with Crippen LogP contribution in [0.25, 0.3) is 0 Å². The lowest BCUT2D eigenvalue weighted by molar-refractivity contribution is 0.0919. The molecule has 1 heterocycles. The van der Waals surface area contributed by atoms with Crippen molar-refractivity contribution in [3.05, 3.63) is 35.4 Å². The highest BCUT2D eigenvalue weighted by Crippen LogP contribution is 2.34. The van der Waals surface area contributed by atoms with Crippen LogP contribution in [-0.4, -0.2) is 13.2 Å². The van der Waals surface area contributed by atoms with Gasteiger partial charge >= 0.3 is 0 Å². The van der Waals surface area contributed by atoms with Crippen LogP contribution in [0.5, 0.6) is 0 Å². The van der Waals surface area contributed by atoms with E-state index in [1.807, 2.05) is 0 Å². The maximum absolute atomic E-state index is 13.0. The van der Waals surface area contributed by atoms with Gasteiger partial charge in [0, 0.05) is 18.6 Å². The van der Waals surface area contributed by atoms with Gasteiger partial charge in [0.15, 0.2) is 0 Å². The quantitative estimate of drug-likeness (QED) is 0.815. The lowest BCUT2D eigenvalue weighted by atomic mass is 9.95. The molecule has 2 unspecified atom stereocenters. The second kappa shape index (κ2) is 4.24. The van der Waals surface area contributed by atoms with Crippen molar-refractivity contribution in [1.29, 1.82) is 0 Å². The molecule has 1 aliphatic rings. The van der Waals surface area contributed by atoms with Crippen molar-refractivity contribution in [1.82, 2.24) is 0 Å². The maximum atomic E-state index is 13.0. The van der Waals surface area contributed by atoms with E-state index >= 15 is 0 Å². The number of benzene rings is 1. The molecule has 1 saturated heterocycles. The summed E-state index contributed by atoms with van der Waals surface area (Å²) < 4.78 is 31.4.